The Morgan fingerprint density at radius 3 is 2.22 bits per heavy atom. The third-order valence-corrected chi connectivity index (χ3v) is 3.44. The van der Waals surface area contributed by atoms with Crippen LogP contribution in [-0.4, -0.2) is 61.5 Å². The minimum Gasteiger partial charge on any atom is -0.381 e. The minimum absolute atomic E-state index is 0.0166. The Hall–Kier alpha value is -1.10. The molecule has 5 nitrogen and oxygen atoms in total. The summed E-state index contributed by atoms with van der Waals surface area (Å²) in [5.74, 6) is 0.106. The standard InChI is InChI=1S/C13H24N2O3/c1-4-15(5-2)12(16)10-14(3)13(17)11-6-8-18-9-7-11/h11H,4-10H2,1-3H3. The van der Waals surface area contributed by atoms with Crippen molar-refractivity contribution in [2.75, 3.05) is 39.9 Å². The van der Waals surface area contributed by atoms with E-state index >= 15 is 0 Å². The third kappa shape index (κ3) is 3.98. The van der Waals surface area contributed by atoms with Crippen LogP contribution in [0.2, 0.25) is 0 Å². The molecule has 0 radical (unpaired) electrons. The van der Waals surface area contributed by atoms with Gasteiger partial charge in [0.15, 0.2) is 0 Å². The van der Waals surface area contributed by atoms with Crippen LogP contribution in [0.4, 0.5) is 0 Å². The molecule has 0 bridgehead atoms. The van der Waals surface area contributed by atoms with E-state index in [2.05, 4.69) is 0 Å². The number of carbonyl (C=O) groups is 2. The van der Waals surface area contributed by atoms with E-state index in [1.165, 1.54) is 0 Å². The molecule has 1 heterocycles. The zero-order valence-corrected chi connectivity index (χ0v) is 11.6. The lowest BCUT2D eigenvalue weighted by atomic mass is 9.99. The van der Waals surface area contributed by atoms with Gasteiger partial charge in [-0.05, 0) is 26.7 Å². The van der Waals surface area contributed by atoms with E-state index in [-0.39, 0.29) is 24.3 Å². The molecular formula is C13H24N2O3. The fraction of sp³-hybridized carbons (Fsp3) is 0.846. The van der Waals surface area contributed by atoms with Crippen LogP contribution in [0.25, 0.3) is 0 Å². The predicted molar refractivity (Wildman–Crippen MR) is 69.1 cm³/mol. The van der Waals surface area contributed by atoms with Crippen molar-refractivity contribution in [3.8, 4) is 0 Å². The molecule has 0 aromatic carbocycles. The highest BCUT2D eigenvalue weighted by Crippen LogP contribution is 2.16. The summed E-state index contributed by atoms with van der Waals surface area (Å²) in [5, 5.41) is 0. The lowest BCUT2D eigenvalue weighted by molar-refractivity contribution is -0.143. The SMILES string of the molecule is CCN(CC)C(=O)CN(C)C(=O)C1CCOCC1. The molecule has 1 saturated heterocycles. The van der Waals surface area contributed by atoms with Crippen LogP contribution in [0, 0.1) is 5.92 Å². The first-order valence-corrected chi connectivity index (χ1v) is 6.70. The fourth-order valence-electron chi connectivity index (χ4n) is 2.21. The summed E-state index contributed by atoms with van der Waals surface area (Å²) in [6.07, 6.45) is 1.53. The molecule has 0 aromatic heterocycles. The Morgan fingerprint density at radius 2 is 1.72 bits per heavy atom. The molecule has 18 heavy (non-hydrogen) atoms. The smallest absolute Gasteiger partial charge is 0.242 e. The Bertz CT molecular complexity index is 284. The second-order valence-electron chi connectivity index (χ2n) is 4.65. The predicted octanol–water partition coefficient (Wildman–Crippen LogP) is 0.740. The monoisotopic (exact) mass is 256 g/mol. The quantitative estimate of drug-likeness (QED) is 0.729. The van der Waals surface area contributed by atoms with E-state index in [0.717, 1.165) is 12.8 Å². The van der Waals surface area contributed by atoms with Gasteiger partial charge in [0.1, 0.15) is 0 Å². The zero-order valence-electron chi connectivity index (χ0n) is 11.6. The second-order valence-corrected chi connectivity index (χ2v) is 4.65. The van der Waals surface area contributed by atoms with Gasteiger partial charge in [0.25, 0.3) is 0 Å². The maximum absolute atomic E-state index is 12.1. The van der Waals surface area contributed by atoms with Crippen LogP contribution in [0.1, 0.15) is 26.7 Å². The Kier molecular flexibility index (Phi) is 6.12. The summed E-state index contributed by atoms with van der Waals surface area (Å²) >= 11 is 0. The van der Waals surface area contributed by atoms with Gasteiger partial charge in [-0.3, -0.25) is 9.59 Å². The number of rotatable bonds is 5. The normalized spacial score (nSPS) is 16.4. The molecule has 5 heteroatoms. The van der Waals surface area contributed by atoms with Crippen LogP contribution >= 0.6 is 0 Å². The largest absolute Gasteiger partial charge is 0.381 e. The molecule has 0 N–H and O–H groups in total. The van der Waals surface area contributed by atoms with Crippen LogP contribution in [0.3, 0.4) is 0 Å². The van der Waals surface area contributed by atoms with E-state index in [4.69, 9.17) is 4.74 Å². The molecule has 0 spiro atoms. The first kappa shape index (κ1) is 15.0. The van der Waals surface area contributed by atoms with Gasteiger partial charge < -0.3 is 14.5 Å². The van der Waals surface area contributed by atoms with E-state index in [9.17, 15) is 9.59 Å². The number of ether oxygens (including phenoxy) is 1. The molecule has 1 aliphatic heterocycles. The van der Waals surface area contributed by atoms with E-state index in [0.29, 0.717) is 26.3 Å². The van der Waals surface area contributed by atoms with Crippen molar-refractivity contribution in [1.82, 2.24) is 9.80 Å². The highest BCUT2D eigenvalue weighted by Gasteiger charge is 2.26. The molecule has 1 rings (SSSR count). The Labute approximate surface area is 109 Å². The zero-order chi connectivity index (χ0) is 13.5. The van der Waals surface area contributed by atoms with Gasteiger partial charge in [0.2, 0.25) is 11.8 Å². The minimum atomic E-state index is 0.0166. The van der Waals surface area contributed by atoms with Crippen LogP contribution in [-0.2, 0) is 14.3 Å². The molecule has 0 aliphatic carbocycles. The van der Waals surface area contributed by atoms with Crippen molar-refractivity contribution in [2.45, 2.75) is 26.7 Å². The van der Waals surface area contributed by atoms with Gasteiger partial charge in [-0.1, -0.05) is 0 Å². The van der Waals surface area contributed by atoms with E-state index in [1.54, 1.807) is 16.8 Å². The van der Waals surface area contributed by atoms with Gasteiger partial charge in [-0.2, -0.15) is 0 Å². The Balaban J connectivity index is 2.45. The van der Waals surface area contributed by atoms with Crippen molar-refractivity contribution in [1.29, 1.82) is 0 Å². The summed E-state index contributed by atoms with van der Waals surface area (Å²) in [7, 11) is 1.71. The fourth-order valence-corrected chi connectivity index (χ4v) is 2.21. The lowest BCUT2D eigenvalue weighted by Crippen LogP contribution is -2.43. The van der Waals surface area contributed by atoms with Gasteiger partial charge in [-0.15, -0.1) is 0 Å². The molecule has 0 aromatic rings. The van der Waals surface area contributed by atoms with Gasteiger partial charge in [0.05, 0.1) is 6.54 Å². The van der Waals surface area contributed by atoms with Crippen LogP contribution in [0.5, 0.6) is 0 Å². The number of hydrogen-bond acceptors (Lipinski definition) is 3. The summed E-state index contributed by atoms with van der Waals surface area (Å²) in [5.41, 5.74) is 0. The maximum Gasteiger partial charge on any atom is 0.242 e. The van der Waals surface area contributed by atoms with Gasteiger partial charge in [-0.25, -0.2) is 0 Å². The van der Waals surface area contributed by atoms with Crippen molar-refractivity contribution in [2.24, 2.45) is 5.92 Å². The molecule has 2 amide bonds. The first-order valence-electron chi connectivity index (χ1n) is 6.70. The van der Waals surface area contributed by atoms with E-state index in [1.807, 2.05) is 13.8 Å². The summed E-state index contributed by atoms with van der Waals surface area (Å²) in [6.45, 7) is 6.74. The number of likely N-dealkylation sites (N-methyl/N-ethyl adjacent to an activating group) is 2. The molecule has 104 valence electrons. The highest BCUT2D eigenvalue weighted by atomic mass is 16.5. The molecule has 0 unspecified atom stereocenters. The average Bonchev–Trinajstić information content (AvgIpc) is 2.40. The number of hydrogen-bond donors (Lipinski definition) is 0. The summed E-state index contributed by atoms with van der Waals surface area (Å²) < 4.78 is 5.24. The van der Waals surface area contributed by atoms with Crippen LogP contribution < -0.4 is 0 Å². The molecule has 0 atom stereocenters. The maximum atomic E-state index is 12.1. The highest BCUT2D eigenvalue weighted by molar-refractivity contribution is 5.85. The molecular weight excluding hydrogens is 232 g/mol. The molecule has 1 aliphatic rings. The number of nitrogens with zero attached hydrogens (tertiary/aromatic N) is 2. The van der Waals surface area contributed by atoms with Crippen molar-refractivity contribution in [3.05, 3.63) is 0 Å². The van der Waals surface area contributed by atoms with Crippen LogP contribution in [0.15, 0.2) is 0 Å². The number of amides is 2. The molecule has 0 saturated carbocycles. The summed E-state index contributed by atoms with van der Waals surface area (Å²) in [4.78, 5) is 27.3. The van der Waals surface area contributed by atoms with Gasteiger partial charge >= 0.3 is 0 Å². The molecule has 1 fully saturated rings. The van der Waals surface area contributed by atoms with E-state index < -0.39 is 0 Å². The topological polar surface area (TPSA) is 49.9 Å². The number of carbonyl (C=O) groups excluding carboxylic acids is 2. The van der Waals surface area contributed by atoms with Crippen molar-refractivity contribution >= 4 is 11.8 Å². The summed E-state index contributed by atoms with van der Waals surface area (Å²) in [6, 6.07) is 0. The average molecular weight is 256 g/mol. The lowest BCUT2D eigenvalue weighted by Gasteiger charge is -2.28. The van der Waals surface area contributed by atoms with Gasteiger partial charge in [0, 0.05) is 39.3 Å². The first-order chi connectivity index (χ1) is 8.60. The van der Waals surface area contributed by atoms with Crippen molar-refractivity contribution in [3.63, 3.8) is 0 Å². The van der Waals surface area contributed by atoms with Crippen molar-refractivity contribution < 1.29 is 14.3 Å². The second kappa shape index (κ2) is 7.36. The Morgan fingerprint density at radius 1 is 1.17 bits per heavy atom. The third-order valence-electron chi connectivity index (χ3n) is 3.44.